The zero-order valence-corrected chi connectivity index (χ0v) is 23.2. The van der Waals surface area contributed by atoms with E-state index in [1.807, 2.05) is 21.6 Å². The normalized spacial score (nSPS) is 20.5. The number of nitrogens with zero attached hydrogens (tertiary/aromatic N) is 3. The number of fused-ring (bicyclic) bond motifs is 4. The number of rotatable bonds is 4. The van der Waals surface area contributed by atoms with Gasteiger partial charge in [0.05, 0.1) is 16.9 Å². The molecule has 0 aliphatic carbocycles. The third-order valence-corrected chi connectivity index (χ3v) is 8.66. The van der Waals surface area contributed by atoms with E-state index in [1.54, 1.807) is 24.3 Å². The van der Waals surface area contributed by atoms with Crippen LogP contribution in [0.1, 0.15) is 70.0 Å². The molecule has 220 valence electrons. The lowest BCUT2D eigenvalue weighted by Crippen LogP contribution is -2.47. The number of amides is 2. The number of pyridine rings is 1. The molecule has 2 saturated heterocycles. The summed E-state index contributed by atoms with van der Waals surface area (Å²) in [6.07, 6.45) is 0.386. The molecule has 0 spiro atoms. The van der Waals surface area contributed by atoms with Crippen LogP contribution in [0.3, 0.4) is 0 Å². The Labute approximate surface area is 241 Å². The minimum Gasteiger partial charge on any atom is -0.369 e. The number of piperidine rings is 1. The van der Waals surface area contributed by atoms with Crippen molar-refractivity contribution in [3.63, 3.8) is 0 Å². The number of hydrogen-bond donors (Lipinski definition) is 1. The van der Waals surface area contributed by atoms with Gasteiger partial charge < -0.3 is 19.7 Å². The average molecular weight is 579 g/mol. The summed E-state index contributed by atoms with van der Waals surface area (Å²) in [4.78, 5) is 43.3. The van der Waals surface area contributed by atoms with Crippen molar-refractivity contribution in [2.45, 2.75) is 50.7 Å². The molecule has 4 heterocycles. The Balaban J connectivity index is 1.34. The van der Waals surface area contributed by atoms with Gasteiger partial charge in [0.1, 0.15) is 0 Å². The molecule has 7 nitrogen and oxygen atoms in total. The first-order chi connectivity index (χ1) is 20.2. The van der Waals surface area contributed by atoms with Crippen molar-refractivity contribution < 1.29 is 22.8 Å². The van der Waals surface area contributed by atoms with E-state index in [4.69, 9.17) is 0 Å². The van der Waals surface area contributed by atoms with Crippen LogP contribution in [-0.2, 0) is 12.7 Å². The highest BCUT2D eigenvalue weighted by molar-refractivity contribution is 6.07. The summed E-state index contributed by atoms with van der Waals surface area (Å²) in [7, 11) is 0. The summed E-state index contributed by atoms with van der Waals surface area (Å²) in [5, 5.41) is 2.83. The molecule has 42 heavy (non-hydrogen) atoms. The Bertz CT molecular complexity index is 1560. The Morgan fingerprint density at radius 1 is 0.833 bits per heavy atom. The Kier molecular flexibility index (Phi) is 7.55. The van der Waals surface area contributed by atoms with E-state index in [0.717, 1.165) is 49.9 Å². The summed E-state index contributed by atoms with van der Waals surface area (Å²) >= 11 is 0. The highest BCUT2D eigenvalue weighted by Gasteiger charge is 2.36. The lowest BCUT2D eigenvalue weighted by molar-refractivity contribution is -0.137. The maximum absolute atomic E-state index is 13.5. The fourth-order valence-corrected chi connectivity index (χ4v) is 6.63. The van der Waals surface area contributed by atoms with Crippen molar-refractivity contribution in [2.75, 3.05) is 36.4 Å². The van der Waals surface area contributed by atoms with E-state index in [0.29, 0.717) is 49.7 Å². The number of anilines is 2. The molecule has 0 radical (unpaired) electrons. The molecule has 6 rings (SSSR count). The molecule has 3 aliphatic heterocycles. The van der Waals surface area contributed by atoms with Gasteiger partial charge in [-0.1, -0.05) is 25.0 Å². The maximum atomic E-state index is 13.5. The van der Waals surface area contributed by atoms with Gasteiger partial charge in [-0.05, 0) is 67.6 Å². The Morgan fingerprint density at radius 2 is 1.60 bits per heavy atom. The number of hydrogen-bond acceptors (Lipinski definition) is 4. The smallest absolute Gasteiger partial charge is 0.369 e. The zero-order valence-electron chi connectivity index (χ0n) is 23.2. The number of likely N-dealkylation sites (tertiary alicyclic amines) is 1. The van der Waals surface area contributed by atoms with Crippen LogP contribution in [0, 0.1) is 5.92 Å². The van der Waals surface area contributed by atoms with Gasteiger partial charge in [-0.2, -0.15) is 13.2 Å². The molecule has 2 bridgehead atoms. The quantitative estimate of drug-likeness (QED) is 0.427. The molecular weight excluding hydrogens is 545 g/mol. The Morgan fingerprint density at radius 3 is 2.36 bits per heavy atom. The highest BCUT2D eigenvalue weighted by Crippen LogP contribution is 2.40. The molecular formula is C32H33F3N4O3. The van der Waals surface area contributed by atoms with Gasteiger partial charge in [-0.3, -0.25) is 14.4 Å². The second kappa shape index (κ2) is 11.3. The van der Waals surface area contributed by atoms with Gasteiger partial charge in [0.25, 0.3) is 17.4 Å². The van der Waals surface area contributed by atoms with E-state index < -0.39 is 17.6 Å². The molecule has 10 heteroatoms. The van der Waals surface area contributed by atoms with Crippen LogP contribution in [-0.4, -0.2) is 47.5 Å². The predicted molar refractivity (Wildman–Crippen MR) is 154 cm³/mol. The topological polar surface area (TPSA) is 74.7 Å². The number of carbonyl (C=O) groups is 2. The number of carbonyl (C=O) groups excluding carboxylic acids is 2. The van der Waals surface area contributed by atoms with E-state index in [2.05, 4.69) is 10.2 Å². The van der Waals surface area contributed by atoms with E-state index in [9.17, 15) is 27.6 Å². The van der Waals surface area contributed by atoms with Crippen LogP contribution in [0.2, 0.25) is 0 Å². The second-order valence-electron chi connectivity index (χ2n) is 11.6. The molecule has 1 aromatic heterocycles. The van der Waals surface area contributed by atoms with Crippen LogP contribution < -0.4 is 15.8 Å². The first-order valence-corrected chi connectivity index (χ1v) is 14.5. The van der Waals surface area contributed by atoms with Crippen molar-refractivity contribution >= 4 is 23.2 Å². The van der Waals surface area contributed by atoms with E-state index >= 15 is 0 Å². The summed E-state index contributed by atoms with van der Waals surface area (Å²) in [5.74, 6) is -0.490. The van der Waals surface area contributed by atoms with Crippen LogP contribution in [0.15, 0.2) is 65.5 Å². The van der Waals surface area contributed by atoms with Gasteiger partial charge in [-0.15, -0.1) is 0 Å². The van der Waals surface area contributed by atoms with Crippen LogP contribution in [0.4, 0.5) is 24.5 Å². The van der Waals surface area contributed by atoms with Crippen LogP contribution in [0.25, 0.3) is 0 Å². The van der Waals surface area contributed by atoms with Gasteiger partial charge in [-0.25, -0.2) is 0 Å². The van der Waals surface area contributed by atoms with Crippen molar-refractivity contribution in [1.82, 2.24) is 9.47 Å². The van der Waals surface area contributed by atoms with Gasteiger partial charge in [0.2, 0.25) is 0 Å². The van der Waals surface area contributed by atoms with Crippen molar-refractivity contribution in [3.05, 3.63) is 93.4 Å². The monoisotopic (exact) mass is 578 g/mol. The van der Waals surface area contributed by atoms with Crippen molar-refractivity contribution in [3.8, 4) is 0 Å². The largest absolute Gasteiger partial charge is 0.416 e. The van der Waals surface area contributed by atoms with Crippen LogP contribution in [0.5, 0.6) is 0 Å². The van der Waals surface area contributed by atoms with Crippen molar-refractivity contribution in [1.29, 1.82) is 0 Å². The molecule has 2 unspecified atom stereocenters. The molecule has 3 aromatic rings. The molecule has 2 aromatic carbocycles. The molecule has 2 amide bonds. The number of aromatic nitrogens is 1. The summed E-state index contributed by atoms with van der Waals surface area (Å²) in [6, 6.07) is 14.9. The first-order valence-electron chi connectivity index (χ1n) is 14.5. The first kappa shape index (κ1) is 28.1. The fourth-order valence-electron chi connectivity index (χ4n) is 6.63. The Hall–Kier alpha value is -4.08. The minimum absolute atomic E-state index is 0.0129. The SMILES string of the molecule is O=C(Nc1cc(C(=O)N2CCCCCC2)ccc1N1CC2CC(C1)c1cccc(=O)n1C2)c1cccc(C(F)(F)F)c1. The molecule has 2 fully saturated rings. The number of halogens is 3. The third-order valence-electron chi connectivity index (χ3n) is 8.66. The summed E-state index contributed by atoms with van der Waals surface area (Å²) in [5.41, 5.74) is 1.44. The lowest BCUT2D eigenvalue weighted by atomic mass is 9.83. The van der Waals surface area contributed by atoms with Gasteiger partial charge >= 0.3 is 6.18 Å². The summed E-state index contributed by atoms with van der Waals surface area (Å²) in [6.45, 7) is 3.18. The number of nitrogens with one attached hydrogen (secondary N) is 1. The minimum atomic E-state index is -4.58. The number of alkyl halides is 3. The average Bonchev–Trinajstić information content (AvgIpc) is 3.27. The third kappa shape index (κ3) is 5.67. The second-order valence-corrected chi connectivity index (χ2v) is 11.6. The maximum Gasteiger partial charge on any atom is 0.416 e. The molecule has 3 aliphatic rings. The lowest BCUT2D eigenvalue weighted by Gasteiger charge is -2.44. The highest BCUT2D eigenvalue weighted by atomic mass is 19.4. The van der Waals surface area contributed by atoms with E-state index in [1.165, 1.54) is 12.1 Å². The van der Waals surface area contributed by atoms with Gasteiger partial charge in [0, 0.05) is 61.5 Å². The van der Waals surface area contributed by atoms with Crippen LogP contribution >= 0.6 is 0 Å². The number of benzene rings is 2. The standard InChI is InChI=1S/C32H33F3N4O3/c33-32(34,35)25-8-5-7-22(16-25)30(41)36-26-17-23(31(42)37-13-3-1-2-4-14-37)11-12-28(26)38-18-21-15-24(20-38)27-9-6-10-29(40)39(27)19-21/h5-12,16-17,21,24H,1-4,13-15,18-20H2,(H,36,41). The van der Waals surface area contributed by atoms with Gasteiger partial charge in [0.15, 0.2) is 0 Å². The summed E-state index contributed by atoms with van der Waals surface area (Å²) < 4.78 is 41.9. The zero-order chi connectivity index (χ0) is 29.4. The van der Waals surface area contributed by atoms with Crippen molar-refractivity contribution in [2.24, 2.45) is 5.92 Å². The predicted octanol–water partition coefficient (Wildman–Crippen LogP) is 5.76. The fraction of sp³-hybridized carbons (Fsp3) is 0.406. The molecule has 1 N–H and O–H groups in total. The van der Waals surface area contributed by atoms with E-state index in [-0.39, 0.29) is 28.9 Å². The molecule has 2 atom stereocenters. The molecule has 0 saturated carbocycles.